The molecule has 0 aliphatic heterocycles. The Morgan fingerprint density at radius 1 is 1.45 bits per heavy atom. The topological polar surface area (TPSA) is 48.1 Å². The van der Waals surface area contributed by atoms with Crippen molar-refractivity contribution in [2.75, 3.05) is 0 Å². The molecule has 0 aliphatic rings. The molecule has 1 aromatic carbocycles. The van der Waals surface area contributed by atoms with Gasteiger partial charge in [0, 0.05) is 11.4 Å². The third-order valence-corrected chi connectivity index (χ3v) is 4.17. The summed E-state index contributed by atoms with van der Waals surface area (Å²) >= 11 is 7.88. The van der Waals surface area contributed by atoms with Gasteiger partial charge in [0.05, 0.1) is 15.7 Å². The second kappa shape index (κ2) is 7.07. The first-order chi connectivity index (χ1) is 9.60. The lowest BCUT2D eigenvalue weighted by molar-refractivity contribution is 0.302. The molecular formula is C15H19ClN2OS. The number of benzene rings is 1. The highest BCUT2D eigenvalue weighted by molar-refractivity contribution is 7.09. The minimum absolute atomic E-state index is 0.0308. The van der Waals surface area contributed by atoms with E-state index in [1.54, 1.807) is 11.3 Å². The first-order valence-electron chi connectivity index (χ1n) is 6.71. The molecule has 0 unspecified atom stereocenters. The zero-order valence-corrected chi connectivity index (χ0v) is 13.3. The van der Waals surface area contributed by atoms with E-state index < -0.39 is 0 Å². The van der Waals surface area contributed by atoms with Gasteiger partial charge in [-0.05, 0) is 37.5 Å². The molecule has 2 aromatic rings. The lowest BCUT2D eigenvalue weighted by Crippen LogP contribution is -2.05. The summed E-state index contributed by atoms with van der Waals surface area (Å²) in [6, 6.07) is 5.62. The predicted molar refractivity (Wildman–Crippen MR) is 84.5 cm³/mol. The molecular weight excluding hydrogens is 292 g/mol. The third-order valence-electron chi connectivity index (χ3n) is 2.92. The van der Waals surface area contributed by atoms with Crippen LogP contribution in [0.4, 0.5) is 0 Å². The van der Waals surface area contributed by atoms with Crippen molar-refractivity contribution in [3.8, 4) is 5.75 Å². The molecule has 2 rings (SSSR count). The van der Waals surface area contributed by atoms with Gasteiger partial charge in [0.1, 0.15) is 12.4 Å². The second-order valence-corrected chi connectivity index (χ2v) is 6.10. The van der Waals surface area contributed by atoms with Crippen LogP contribution in [-0.4, -0.2) is 4.98 Å². The van der Waals surface area contributed by atoms with Crippen molar-refractivity contribution in [1.82, 2.24) is 4.98 Å². The number of hydrogen-bond donors (Lipinski definition) is 1. The molecule has 108 valence electrons. The molecule has 0 saturated heterocycles. The molecule has 3 nitrogen and oxygen atoms in total. The van der Waals surface area contributed by atoms with E-state index >= 15 is 0 Å². The third kappa shape index (κ3) is 3.95. The van der Waals surface area contributed by atoms with E-state index in [1.807, 2.05) is 30.5 Å². The first-order valence-corrected chi connectivity index (χ1v) is 7.97. The van der Waals surface area contributed by atoms with Gasteiger partial charge in [-0.25, -0.2) is 4.98 Å². The number of halogens is 1. The van der Waals surface area contributed by atoms with Gasteiger partial charge in [-0.2, -0.15) is 0 Å². The fourth-order valence-corrected chi connectivity index (χ4v) is 2.94. The van der Waals surface area contributed by atoms with Crippen LogP contribution in [0, 0.1) is 0 Å². The largest absolute Gasteiger partial charge is 0.486 e. The van der Waals surface area contributed by atoms with Crippen molar-refractivity contribution in [2.45, 2.75) is 39.3 Å². The van der Waals surface area contributed by atoms with Crippen LogP contribution in [0.1, 0.15) is 42.6 Å². The molecule has 0 spiro atoms. The Hall–Kier alpha value is -1.10. The summed E-state index contributed by atoms with van der Waals surface area (Å²) in [5.74, 6) is 0.668. The molecule has 5 heteroatoms. The molecule has 0 aliphatic carbocycles. The number of nitrogens with two attached hydrogens (primary N) is 1. The van der Waals surface area contributed by atoms with Gasteiger partial charge in [0.25, 0.3) is 0 Å². The number of hydrogen-bond acceptors (Lipinski definition) is 4. The predicted octanol–water partition coefficient (Wildman–Crippen LogP) is 4.35. The molecule has 1 atom stereocenters. The van der Waals surface area contributed by atoms with Crippen LogP contribution in [0.3, 0.4) is 0 Å². The lowest BCUT2D eigenvalue weighted by atomic mass is 10.1. The van der Waals surface area contributed by atoms with E-state index in [1.165, 1.54) is 0 Å². The Kier molecular flexibility index (Phi) is 5.40. The van der Waals surface area contributed by atoms with Crippen molar-refractivity contribution in [1.29, 1.82) is 0 Å². The van der Waals surface area contributed by atoms with Crippen LogP contribution in [0.5, 0.6) is 5.75 Å². The highest BCUT2D eigenvalue weighted by Gasteiger charge is 2.07. The van der Waals surface area contributed by atoms with Crippen molar-refractivity contribution in [3.63, 3.8) is 0 Å². The molecule has 0 saturated carbocycles. The van der Waals surface area contributed by atoms with Crippen molar-refractivity contribution in [2.24, 2.45) is 5.73 Å². The zero-order chi connectivity index (χ0) is 14.5. The lowest BCUT2D eigenvalue weighted by Gasteiger charge is -2.10. The summed E-state index contributed by atoms with van der Waals surface area (Å²) in [4.78, 5) is 4.52. The number of aromatic nitrogens is 1. The van der Waals surface area contributed by atoms with E-state index in [-0.39, 0.29) is 6.04 Å². The number of thiazole rings is 1. The summed E-state index contributed by atoms with van der Waals surface area (Å²) in [7, 11) is 0. The molecule has 0 bridgehead atoms. The van der Waals surface area contributed by atoms with Gasteiger partial charge in [0.2, 0.25) is 0 Å². The Bertz CT molecular complexity index is 569. The van der Waals surface area contributed by atoms with E-state index in [2.05, 4.69) is 11.9 Å². The highest BCUT2D eigenvalue weighted by Crippen LogP contribution is 2.28. The number of aryl methyl sites for hydroxylation is 1. The molecule has 0 radical (unpaired) electrons. The SMILES string of the molecule is CCCc1nc(COc2ccc([C@H](C)N)cc2Cl)cs1. The van der Waals surface area contributed by atoms with Gasteiger partial charge >= 0.3 is 0 Å². The normalized spacial score (nSPS) is 12.4. The first kappa shape index (κ1) is 15.3. The monoisotopic (exact) mass is 310 g/mol. The highest BCUT2D eigenvalue weighted by atomic mass is 35.5. The van der Waals surface area contributed by atoms with Gasteiger partial charge < -0.3 is 10.5 Å². The Morgan fingerprint density at radius 3 is 2.90 bits per heavy atom. The van der Waals surface area contributed by atoms with Crippen LogP contribution in [0.2, 0.25) is 5.02 Å². The van der Waals surface area contributed by atoms with E-state index in [9.17, 15) is 0 Å². The van der Waals surface area contributed by atoms with Crippen LogP contribution in [-0.2, 0) is 13.0 Å². The van der Waals surface area contributed by atoms with Gasteiger partial charge in [0.15, 0.2) is 0 Å². The van der Waals surface area contributed by atoms with Crippen molar-refractivity contribution in [3.05, 3.63) is 44.9 Å². The average Bonchev–Trinajstić information content (AvgIpc) is 2.85. The Labute approximate surface area is 128 Å². The zero-order valence-electron chi connectivity index (χ0n) is 11.7. The van der Waals surface area contributed by atoms with E-state index in [4.69, 9.17) is 22.1 Å². The smallest absolute Gasteiger partial charge is 0.138 e. The minimum Gasteiger partial charge on any atom is -0.486 e. The standard InChI is InChI=1S/C15H19ClN2OS/c1-3-4-15-18-12(9-20-15)8-19-14-6-5-11(10(2)17)7-13(14)16/h5-7,9-10H,3-4,8,17H2,1-2H3/t10-/m0/s1. The fraction of sp³-hybridized carbons (Fsp3) is 0.400. The maximum Gasteiger partial charge on any atom is 0.138 e. The van der Waals surface area contributed by atoms with Crippen molar-refractivity contribution < 1.29 is 4.74 Å². The molecule has 20 heavy (non-hydrogen) atoms. The number of ether oxygens (including phenoxy) is 1. The van der Waals surface area contributed by atoms with Crippen molar-refractivity contribution >= 4 is 22.9 Å². The summed E-state index contributed by atoms with van der Waals surface area (Å²) in [5.41, 5.74) is 7.77. The summed E-state index contributed by atoms with van der Waals surface area (Å²) in [6.45, 7) is 4.52. The summed E-state index contributed by atoms with van der Waals surface area (Å²) in [6.07, 6.45) is 2.13. The van der Waals surface area contributed by atoms with Gasteiger partial charge in [-0.3, -0.25) is 0 Å². The summed E-state index contributed by atoms with van der Waals surface area (Å²) in [5, 5.41) is 3.78. The molecule has 2 N–H and O–H groups in total. The van der Waals surface area contributed by atoms with Crippen LogP contribution >= 0.6 is 22.9 Å². The molecule has 0 fully saturated rings. The fourth-order valence-electron chi connectivity index (χ4n) is 1.81. The Balaban J connectivity index is 1.99. The van der Waals surface area contributed by atoms with Crippen LogP contribution in [0.25, 0.3) is 0 Å². The molecule has 1 heterocycles. The maximum absolute atomic E-state index is 6.20. The van der Waals surface area contributed by atoms with E-state index in [0.717, 1.165) is 29.1 Å². The minimum atomic E-state index is -0.0308. The quantitative estimate of drug-likeness (QED) is 0.863. The van der Waals surface area contributed by atoms with Crippen LogP contribution < -0.4 is 10.5 Å². The maximum atomic E-state index is 6.20. The molecule has 1 aromatic heterocycles. The van der Waals surface area contributed by atoms with Crippen LogP contribution in [0.15, 0.2) is 23.6 Å². The van der Waals surface area contributed by atoms with Gasteiger partial charge in [-0.15, -0.1) is 11.3 Å². The molecule has 0 amide bonds. The number of nitrogens with zero attached hydrogens (tertiary/aromatic N) is 1. The van der Waals surface area contributed by atoms with E-state index in [0.29, 0.717) is 17.4 Å². The van der Waals surface area contributed by atoms with Gasteiger partial charge in [-0.1, -0.05) is 24.6 Å². The Morgan fingerprint density at radius 2 is 2.25 bits per heavy atom. The summed E-state index contributed by atoms with van der Waals surface area (Å²) < 4.78 is 5.72. The average molecular weight is 311 g/mol. The number of rotatable bonds is 6. The second-order valence-electron chi connectivity index (χ2n) is 4.75.